The number of rotatable bonds is 2. The van der Waals surface area contributed by atoms with Gasteiger partial charge < -0.3 is 10.3 Å². The number of hydrogen-bond acceptors (Lipinski definition) is 4. The third-order valence-electron chi connectivity index (χ3n) is 2.68. The van der Waals surface area contributed by atoms with E-state index in [1.807, 2.05) is 20.8 Å². The summed E-state index contributed by atoms with van der Waals surface area (Å²) in [6.07, 6.45) is 0. The summed E-state index contributed by atoms with van der Waals surface area (Å²) in [5.41, 5.74) is 5.92. The lowest BCUT2D eigenvalue weighted by molar-refractivity contribution is 0.317. The number of hydrogen-bond donors (Lipinski definition) is 1. The van der Waals surface area contributed by atoms with Gasteiger partial charge in [0.25, 0.3) is 0 Å². The molecule has 1 heterocycles. The molecule has 1 aromatic carbocycles. The predicted molar refractivity (Wildman–Crippen MR) is 70.4 cm³/mol. The Bertz CT molecular complexity index is 592. The van der Waals surface area contributed by atoms with Crippen LogP contribution in [0.3, 0.4) is 0 Å². The lowest BCUT2D eigenvalue weighted by Crippen LogP contribution is -2.17. The molecule has 19 heavy (non-hydrogen) atoms. The number of nitrogens with zero attached hydrogens (tertiary/aromatic N) is 2. The monoisotopic (exact) mass is 283 g/mol. The maximum absolute atomic E-state index is 13.9. The minimum absolute atomic E-state index is 0.0208. The smallest absolute Gasteiger partial charge is 0.232 e. The zero-order valence-corrected chi connectivity index (χ0v) is 11.7. The van der Waals surface area contributed by atoms with Gasteiger partial charge >= 0.3 is 0 Å². The van der Waals surface area contributed by atoms with Gasteiger partial charge in [-0.2, -0.15) is 4.98 Å². The minimum Gasteiger partial charge on any atom is -0.339 e. The topological polar surface area (TPSA) is 64.9 Å². The van der Waals surface area contributed by atoms with E-state index in [4.69, 9.17) is 21.9 Å². The molecule has 0 aliphatic rings. The summed E-state index contributed by atoms with van der Waals surface area (Å²) in [6.45, 7) is 5.82. The maximum atomic E-state index is 13.9. The van der Waals surface area contributed by atoms with E-state index in [1.54, 1.807) is 12.1 Å². The number of halogens is 2. The molecule has 1 atom stereocenters. The van der Waals surface area contributed by atoms with Crippen molar-refractivity contribution in [3.05, 3.63) is 46.3 Å². The second-order valence-corrected chi connectivity index (χ2v) is 5.74. The highest BCUT2D eigenvalue weighted by Gasteiger charge is 2.25. The molecular formula is C13H15ClFN3O. The Kier molecular flexibility index (Phi) is 3.60. The SMILES string of the molecule is CC(C)(C)c1nc(C(N)c2cccc(Cl)c2F)no1. The van der Waals surface area contributed by atoms with E-state index in [-0.39, 0.29) is 21.8 Å². The molecule has 0 bridgehead atoms. The van der Waals surface area contributed by atoms with Crippen molar-refractivity contribution < 1.29 is 8.91 Å². The first-order valence-electron chi connectivity index (χ1n) is 5.84. The first-order valence-corrected chi connectivity index (χ1v) is 6.22. The quantitative estimate of drug-likeness (QED) is 0.919. The Hall–Kier alpha value is -1.46. The Morgan fingerprint density at radius 2 is 2.05 bits per heavy atom. The third-order valence-corrected chi connectivity index (χ3v) is 2.97. The molecule has 0 spiro atoms. The molecule has 0 radical (unpaired) electrons. The fraction of sp³-hybridized carbons (Fsp3) is 0.385. The molecule has 0 amide bonds. The van der Waals surface area contributed by atoms with Gasteiger partial charge in [-0.25, -0.2) is 4.39 Å². The van der Waals surface area contributed by atoms with Crippen LogP contribution in [0.5, 0.6) is 0 Å². The second-order valence-electron chi connectivity index (χ2n) is 5.33. The molecule has 6 heteroatoms. The first-order chi connectivity index (χ1) is 8.80. The van der Waals surface area contributed by atoms with Crippen LogP contribution in [0.25, 0.3) is 0 Å². The van der Waals surface area contributed by atoms with Gasteiger partial charge in [0.05, 0.1) is 11.1 Å². The maximum Gasteiger partial charge on any atom is 0.232 e. The van der Waals surface area contributed by atoms with Crippen LogP contribution >= 0.6 is 11.6 Å². The van der Waals surface area contributed by atoms with Crippen molar-refractivity contribution in [2.45, 2.75) is 32.2 Å². The van der Waals surface area contributed by atoms with Crippen molar-refractivity contribution in [2.24, 2.45) is 5.73 Å². The molecule has 2 aromatic rings. The summed E-state index contributed by atoms with van der Waals surface area (Å²) in [6, 6.07) is 3.84. The molecule has 0 fully saturated rings. The summed E-state index contributed by atoms with van der Waals surface area (Å²) in [7, 11) is 0. The molecule has 1 unspecified atom stereocenters. The van der Waals surface area contributed by atoms with Crippen LogP contribution in [-0.4, -0.2) is 10.1 Å². The van der Waals surface area contributed by atoms with Gasteiger partial charge in [0.2, 0.25) is 5.89 Å². The molecule has 0 aliphatic heterocycles. The summed E-state index contributed by atoms with van der Waals surface area (Å²) in [5, 5.41) is 3.83. The van der Waals surface area contributed by atoms with Gasteiger partial charge in [0.15, 0.2) is 5.82 Å². The minimum atomic E-state index is -0.807. The van der Waals surface area contributed by atoms with E-state index in [1.165, 1.54) is 6.07 Å². The van der Waals surface area contributed by atoms with Crippen molar-refractivity contribution in [3.63, 3.8) is 0 Å². The van der Waals surface area contributed by atoms with Crippen LogP contribution in [-0.2, 0) is 5.41 Å². The molecule has 102 valence electrons. The lowest BCUT2D eigenvalue weighted by atomic mass is 9.97. The van der Waals surface area contributed by atoms with Crippen LogP contribution in [0.15, 0.2) is 22.7 Å². The molecule has 4 nitrogen and oxygen atoms in total. The van der Waals surface area contributed by atoms with Gasteiger partial charge in [-0.05, 0) is 6.07 Å². The number of aromatic nitrogens is 2. The second kappa shape index (κ2) is 4.90. The molecule has 2 N–H and O–H groups in total. The standard InChI is InChI=1S/C13H15ClFN3O/c1-13(2,3)12-17-11(18-19-12)10(16)7-5-4-6-8(14)9(7)15/h4-6,10H,16H2,1-3H3. The van der Waals surface area contributed by atoms with E-state index in [2.05, 4.69) is 10.1 Å². The van der Waals surface area contributed by atoms with Gasteiger partial charge in [-0.15, -0.1) is 0 Å². The molecule has 0 saturated carbocycles. The first kappa shape index (κ1) is 14.0. The predicted octanol–water partition coefficient (Wildman–Crippen LogP) is 3.21. The van der Waals surface area contributed by atoms with E-state index in [0.717, 1.165) is 0 Å². The summed E-state index contributed by atoms with van der Waals surface area (Å²) >= 11 is 5.73. The fourth-order valence-corrected chi connectivity index (χ4v) is 1.75. The zero-order valence-electron chi connectivity index (χ0n) is 10.9. The Balaban J connectivity index is 2.37. The van der Waals surface area contributed by atoms with Gasteiger partial charge in [0.1, 0.15) is 5.82 Å². The third kappa shape index (κ3) is 2.77. The largest absolute Gasteiger partial charge is 0.339 e. The van der Waals surface area contributed by atoms with Crippen LogP contribution in [0, 0.1) is 5.82 Å². The van der Waals surface area contributed by atoms with Crippen LogP contribution < -0.4 is 5.73 Å². The highest BCUT2D eigenvalue weighted by Crippen LogP contribution is 2.27. The molecular weight excluding hydrogens is 269 g/mol. The zero-order chi connectivity index (χ0) is 14.2. The molecule has 0 aliphatic carbocycles. The van der Waals surface area contributed by atoms with Crippen molar-refractivity contribution in [3.8, 4) is 0 Å². The van der Waals surface area contributed by atoms with E-state index in [0.29, 0.717) is 5.89 Å². The molecule has 0 saturated heterocycles. The van der Waals surface area contributed by atoms with Gasteiger partial charge in [-0.1, -0.05) is 49.7 Å². The summed E-state index contributed by atoms with van der Waals surface area (Å²) in [4.78, 5) is 4.22. The van der Waals surface area contributed by atoms with Crippen LogP contribution in [0.4, 0.5) is 4.39 Å². The van der Waals surface area contributed by atoms with Crippen molar-refractivity contribution in [1.29, 1.82) is 0 Å². The normalized spacial score (nSPS) is 13.6. The van der Waals surface area contributed by atoms with Crippen LogP contribution in [0.1, 0.15) is 44.1 Å². The average Bonchev–Trinajstić information content (AvgIpc) is 2.81. The lowest BCUT2D eigenvalue weighted by Gasteiger charge is -2.11. The fourth-order valence-electron chi connectivity index (χ4n) is 1.57. The molecule has 1 aromatic heterocycles. The highest BCUT2D eigenvalue weighted by atomic mass is 35.5. The number of nitrogens with two attached hydrogens (primary N) is 1. The van der Waals surface area contributed by atoms with Crippen molar-refractivity contribution in [2.75, 3.05) is 0 Å². The Morgan fingerprint density at radius 3 is 2.63 bits per heavy atom. The van der Waals surface area contributed by atoms with Crippen molar-refractivity contribution >= 4 is 11.6 Å². The summed E-state index contributed by atoms with van der Waals surface area (Å²) < 4.78 is 19.0. The Morgan fingerprint density at radius 1 is 1.37 bits per heavy atom. The van der Waals surface area contributed by atoms with Gasteiger partial charge in [-0.3, -0.25) is 0 Å². The summed E-state index contributed by atoms with van der Waals surface area (Å²) in [5.74, 6) is 0.144. The Labute approximate surface area is 115 Å². The van der Waals surface area contributed by atoms with Crippen molar-refractivity contribution in [1.82, 2.24) is 10.1 Å². The number of benzene rings is 1. The van der Waals surface area contributed by atoms with E-state index < -0.39 is 11.9 Å². The highest BCUT2D eigenvalue weighted by molar-refractivity contribution is 6.30. The van der Waals surface area contributed by atoms with E-state index >= 15 is 0 Å². The van der Waals surface area contributed by atoms with Gasteiger partial charge in [0, 0.05) is 11.0 Å². The average molecular weight is 284 g/mol. The molecule has 2 rings (SSSR count). The van der Waals surface area contributed by atoms with E-state index in [9.17, 15) is 4.39 Å². The van der Waals surface area contributed by atoms with Crippen LogP contribution in [0.2, 0.25) is 5.02 Å².